The van der Waals surface area contributed by atoms with Gasteiger partial charge in [-0.15, -0.1) is 0 Å². The molecule has 84 valence electrons. The van der Waals surface area contributed by atoms with Crippen LogP contribution in [0.3, 0.4) is 0 Å². The van der Waals surface area contributed by atoms with E-state index in [1.807, 2.05) is 0 Å². The standard InChI is InChI=1S/C7H6N4O5/c8-7(9-12)4-1-5(10(13)14)3-6(2-4)11(15)16/h1-3,12H,(H2,8,9). The first-order chi connectivity index (χ1) is 7.45. The number of benzene rings is 1. The molecule has 0 aliphatic carbocycles. The first-order valence-electron chi connectivity index (χ1n) is 3.87. The van der Waals surface area contributed by atoms with E-state index >= 15 is 0 Å². The van der Waals surface area contributed by atoms with Crippen molar-refractivity contribution < 1.29 is 15.1 Å². The minimum atomic E-state index is -0.804. The second-order valence-corrected chi connectivity index (χ2v) is 2.74. The average Bonchev–Trinajstić information content (AvgIpc) is 2.27. The summed E-state index contributed by atoms with van der Waals surface area (Å²) >= 11 is 0. The summed E-state index contributed by atoms with van der Waals surface area (Å²) in [4.78, 5) is 19.3. The first kappa shape index (κ1) is 11.4. The Balaban J connectivity index is 3.41. The lowest BCUT2D eigenvalue weighted by molar-refractivity contribution is -0.394. The molecular formula is C7H6N4O5. The Kier molecular flexibility index (Phi) is 2.99. The number of oxime groups is 1. The van der Waals surface area contributed by atoms with Crippen molar-refractivity contribution in [3.8, 4) is 0 Å². The Labute approximate surface area is 88.1 Å². The van der Waals surface area contributed by atoms with Crippen LogP contribution in [-0.4, -0.2) is 20.9 Å². The van der Waals surface area contributed by atoms with E-state index in [2.05, 4.69) is 5.16 Å². The third kappa shape index (κ3) is 2.20. The molecule has 0 amide bonds. The lowest BCUT2D eigenvalue weighted by Gasteiger charge is -1.99. The van der Waals surface area contributed by atoms with Crippen LogP contribution in [0.15, 0.2) is 23.4 Å². The summed E-state index contributed by atoms with van der Waals surface area (Å²) in [6, 6.07) is 2.73. The number of nitrogens with zero attached hydrogens (tertiary/aromatic N) is 3. The Hall–Kier alpha value is -2.71. The zero-order chi connectivity index (χ0) is 12.3. The van der Waals surface area contributed by atoms with Gasteiger partial charge in [0.05, 0.1) is 15.9 Å². The molecule has 0 heterocycles. The van der Waals surface area contributed by atoms with E-state index in [0.717, 1.165) is 18.2 Å². The number of nitro benzene ring substituents is 2. The molecule has 0 radical (unpaired) electrons. The number of nitro groups is 2. The minimum absolute atomic E-state index is 0.0941. The topological polar surface area (TPSA) is 145 Å². The zero-order valence-corrected chi connectivity index (χ0v) is 7.73. The van der Waals surface area contributed by atoms with Crippen molar-refractivity contribution in [3.05, 3.63) is 44.0 Å². The molecule has 0 spiro atoms. The van der Waals surface area contributed by atoms with Gasteiger partial charge in [0, 0.05) is 17.7 Å². The van der Waals surface area contributed by atoms with Gasteiger partial charge in [0.25, 0.3) is 11.4 Å². The molecular weight excluding hydrogens is 220 g/mol. The van der Waals surface area contributed by atoms with Crippen LogP contribution < -0.4 is 5.73 Å². The summed E-state index contributed by atoms with van der Waals surface area (Å²) in [5.41, 5.74) is 4.09. The van der Waals surface area contributed by atoms with Crippen LogP contribution in [0.2, 0.25) is 0 Å². The summed E-state index contributed by atoms with van der Waals surface area (Å²) in [5.74, 6) is -0.438. The van der Waals surface area contributed by atoms with Crippen molar-refractivity contribution in [1.82, 2.24) is 0 Å². The van der Waals surface area contributed by atoms with E-state index in [1.165, 1.54) is 0 Å². The number of non-ortho nitro benzene ring substituents is 2. The van der Waals surface area contributed by atoms with E-state index in [0.29, 0.717) is 0 Å². The summed E-state index contributed by atoms with van der Waals surface area (Å²) in [6.45, 7) is 0. The van der Waals surface area contributed by atoms with Gasteiger partial charge in [0.2, 0.25) is 0 Å². The lowest BCUT2D eigenvalue weighted by Crippen LogP contribution is -2.13. The zero-order valence-electron chi connectivity index (χ0n) is 7.73. The van der Waals surface area contributed by atoms with Gasteiger partial charge < -0.3 is 10.9 Å². The van der Waals surface area contributed by atoms with E-state index in [1.54, 1.807) is 0 Å². The molecule has 0 aromatic heterocycles. The van der Waals surface area contributed by atoms with E-state index in [-0.39, 0.29) is 5.56 Å². The van der Waals surface area contributed by atoms with Gasteiger partial charge in [0.1, 0.15) is 0 Å². The van der Waals surface area contributed by atoms with Crippen LogP contribution in [-0.2, 0) is 0 Å². The van der Waals surface area contributed by atoms with Gasteiger partial charge >= 0.3 is 0 Å². The highest BCUT2D eigenvalue weighted by molar-refractivity contribution is 5.98. The van der Waals surface area contributed by atoms with Crippen LogP contribution in [0, 0.1) is 20.2 Å². The summed E-state index contributed by atoms with van der Waals surface area (Å²) in [5, 5.41) is 31.9. The molecule has 9 nitrogen and oxygen atoms in total. The molecule has 1 aromatic carbocycles. The van der Waals surface area contributed by atoms with Crippen molar-refractivity contribution in [2.45, 2.75) is 0 Å². The lowest BCUT2D eigenvalue weighted by atomic mass is 10.1. The summed E-state index contributed by atoms with van der Waals surface area (Å²) in [7, 11) is 0. The van der Waals surface area contributed by atoms with Crippen molar-refractivity contribution in [2.24, 2.45) is 10.9 Å². The molecule has 1 aromatic rings. The van der Waals surface area contributed by atoms with E-state index in [9.17, 15) is 20.2 Å². The third-order valence-electron chi connectivity index (χ3n) is 1.73. The van der Waals surface area contributed by atoms with Crippen LogP contribution in [0.1, 0.15) is 5.56 Å². The molecule has 0 bridgehead atoms. The molecule has 1 rings (SSSR count). The van der Waals surface area contributed by atoms with E-state index in [4.69, 9.17) is 10.9 Å². The molecule has 0 unspecified atom stereocenters. The second-order valence-electron chi connectivity index (χ2n) is 2.74. The molecule has 3 N–H and O–H groups in total. The van der Waals surface area contributed by atoms with Crippen LogP contribution >= 0.6 is 0 Å². The van der Waals surface area contributed by atoms with Gasteiger partial charge in [0.15, 0.2) is 5.84 Å². The SMILES string of the molecule is N/C(=N/O)c1cc([N+](=O)[O-])cc([N+](=O)[O-])c1. The summed E-state index contributed by atoms with van der Waals surface area (Å²) in [6.07, 6.45) is 0. The Morgan fingerprint density at radius 1 is 1.19 bits per heavy atom. The van der Waals surface area contributed by atoms with Gasteiger partial charge in [-0.05, 0) is 0 Å². The fraction of sp³-hybridized carbons (Fsp3) is 0. The molecule has 0 saturated heterocycles. The highest BCUT2D eigenvalue weighted by Gasteiger charge is 2.17. The van der Waals surface area contributed by atoms with Gasteiger partial charge in [-0.2, -0.15) is 0 Å². The van der Waals surface area contributed by atoms with E-state index < -0.39 is 27.1 Å². The quantitative estimate of drug-likeness (QED) is 0.253. The molecule has 0 fully saturated rings. The molecule has 0 aliphatic heterocycles. The normalized spacial score (nSPS) is 11.1. The third-order valence-corrected chi connectivity index (χ3v) is 1.73. The molecule has 0 atom stereocenters. The number of nitrogens with two attached hydrogens (primary N) is 1. The van der Waals surface area contributed by atoms with Crippen molar-refractivity contribution in [1.29, 1.82) is 0 Å². The maximum Gasteiger partial charge on any atom is 0.277 e. The Bertz CT molecular complexity index is 451. The van der Waals surface area contributed by atoms with Crippen molar-refractivity contribution >= 4 is 17.2 Å². The Morgan fingerprint density at radius 3 is 1.94 bits per heavy atom. The molecule has 16 heavy (non-hydrogen) atoms. The number of hydrogen-bond acceptors (Lipinski definition) is 6. The predicted molar refractivity (Wildman–Crippen MR) is 52.3 cm³/mol. The van der Waals surface area contributed by atoms with Gasteiger partial charge in [-0.1, -0.05) is 5.16 Å². The summed E-state index contributed by atoms with van der Waals surface area (Å²) < 4.78 is 0. The fourth-order valence-corrected chi connectivity index (χ4v) is 1.01. The monoisotopic (exact) mass is 226 g/mol. The largest absolute Gasteiger partial charge is 0.409 e. The van der Waals surface area contributed by atoms with Crippen molar-refractivity contribution in [2.75, 3.05) is 0 Å². The van der Waals surface area contributed by atoms with Crippen LogP contribution in [0.25, 0.3) is 0 Å². The maximum absolute atomic E-state index is 10.5. The van der Waals surface area contributed by atoms with Crippen molar-refractivity contribution in [3.63, 3.8) is 0 Å². The van der Waals surface area contributed by atoms with Gasteiger partial charge in [-0.3, -0.25) is 20.2 Å². The highest BCUT2D eigenvalue weighted by Crippen LogP contribution is 2.22. The first-order valence-corrected chi connectivity index (χ1v) is 3.87. The maximum atomic E-state index is 10.5. The minimum Gasteiger partial charge on any atom is -0.409 e. The fourth-order valence-electron chi connectivity index (χ4n) is 1.01. The number of hydrogen-bond donors (Lipinski definition) is 2. The van der Waals surface area contributed by atoms with Gasteiger partial charge in [-0.25, -0.2) is 0 Å². The average molecular weight is 226 g/mol. The molecule has 9 heteroatoms. The second kappa shape index (κ2) is 4.21. The smallest absolute Gasteiger partial charge is 0.277 e. The van der Waals surface area contributed by atoms with Crippen LogP contribution in [0.4, 0.5) is 11.4 Å². The molecule has 0 saturated carbocycles. The predicted octanol–water partition coefficient (Wildman–Crippen LogP) is 0.597. The number of rotatable bonds is 3. The number of amidine groups is 1. The van der Waals surface area contributed by atoms with Crippen LogP contribution in [0.5, 0.6) is 0 Å². The highest BCUT2D eigenvalue weighted by atomic mass is 16.6. The molecule has 0 aliphatic rings. The Morgan fingerprint density at radius 2 is 1.62 bits per heavy atom.